The van der Waals surface area contributed by atoms with E-state index in [1.807, 2.05) is 72.8 Å². The molecule has 35 heavy (non-hydrogen) atoms. The SMILES string of the molecule is CN(CC(=O)Nc1cccc2ccccc12)C(=O)C1CCN(S(=O)(=O)/C=C/c2ccccc2)CC1. The third kappa shape index (κ3) is 6.15. The highest BCUT2D eigenvalue weighted by Crippen LogP contribution is 2.24. The molecule has 4 rings (SSSR count). The number of nitrogens with zero attached hydrogens (tertiary/aromatic N) is 2. The van der Waals surface area contributed by atoms with Crippen molar-refractivity contribution in [3.05, 3.63) is 83.8 Å². The van der Waals surface area contributed by atoms with Crippen molar-refractivity contribution in [2.45, 2.75) is 12.8 Å². The molecule has 3 aromatic rings. The summed E-state index contributed by atoms with van der Waals surface area (Å²) in [6.07, 6.45) is 2.42. The summed E-state index contributed by atoms with van der Waals surface area (Å²) in [5, 5.41) is 6.08. The Labute approximate surface area is 206 Å². The van der Waals surface area contributed by atoms with Crippen molar-refractivity contribution < 1.29 is 18.0 Å². The fourth-order valence-corrected chi connectivity index (χ4v) is 5.52. The standard InChI is InChI=1S/C27H29N3O4S/c1-29(20-26(31)28-25-13-7-11-22-10-5-6-12-24(22)25)27(32)23-14-17-30(18-15-23)35(33,34)19-16-21-8-3-2-4-9-21/h2-13,16,19,23H,14-15,17-18,20H2,1H3,(H,28,31)/b19-16+. The van der Waals surface area contributed by atoms with Gasteiger partial charge in [-0.3, -0.25) is 9.59 Å². The summed E-state index contributed by atoms with van der Waals surface area (Å²) >= 11 is 0. The lowest BCUT2D eigenvalue weighted by Gasteiger charge is -2.31. The molecule has 1 aliphatic heterocycles. The molecule has 1 N–H and O–H groups in total. The van der Waals surface area contributed by atoms with Crippen LogP contribution in [0.3, 0.4) is 0 Å². The number of benzene rings is 3. The van der Waals surface area contributed by atoms with Crippen LogP contribution in [0.15, 0.2) is 78.2 Å². The van der Waals surface area contributed by atoms with Crippen molar-refractivity contribution in [3.8, 4) is 0 Å². The Kier molecular flexibility index (Phi) is 7.63. The third-order valence-electron chi connectivity index (χ3n) is 6.22. The Morgan fingerprint density at radius 2 is 1.63 bits per heavy atom. The highest BCUT2D eigenvalue weighted by Gasteiger charge is 2.31. The van der Waals surface area contributed by atoms with Crippen LogP contribution >= 0.6 is 0 Å². The molecule has 0 atom stereocenters. The van der Waals surface area contributed by atoms with E-state index in [2.05, 4.69) is 5.32 Å². The van der Waals surface area contributed by atoms with Gasteiger partial charge in [-0.2, -0.15) is 4.31 Å². The van der Waals surface area contributed by atoms with Crippen molar-refractivity contribution in [2.24, 2.45) is 5.92 Å². The highest BCUT2D eigenvalue weighted by molar-refractivity contribution is 7.92. The molecule has 7 nitrogen and oxygen atoms in total. The smallest absolute Gasteiger partial charge is 0.244 e. The second-order valence-corrected chi connectivity index (χ2v) is 10.5. The Morgan fingerprint density at radius 1 is 0.971 bits per heavy atom. The molecule has 2 amide bonds. The molecule has 8 heteroatoms. The number of carbonyl (C=O) groups is 2. The van der Waals surface area contributed by atoms with E-state index in [0.717, 1.165) is 16.3 Å². The van der Waals surface area contributed by atoms with Crippen LogP contribution in [0.1, 0.15) is 18.4 Å². The lowest BCUT2D eigenvalue weighted by Crippen LogP contribution is -2.44. The van der Waals surface area contributed by atoms with Crippen molar-refractivity contribution in [1.82, 2.24) is 9.21 Å². The van der Waals surface area contributed by atoms with E-state index in [4.69, 9.17) is 0 Å². The maximum atomic E-state index is 12.9. The Balaban J connectivity index is 1.30. The topological polar surface area (TPSA) is 86.8 Å². The molecule has 0 aromatic heterocycles. The van der Waals surface area contributed by atoms with Gasteiger partial charge in [0.05, 0.1) is 6.54 Å². The van der Waals surface area contributed by atoms with Crippen LogP contribution in [0.2, 0.25) is 0 Å². The largest absolute Gasteiger partial charge is 0.336 e. The minimum absolute atomic E-state index is 0.0691. The number of hydrogen-bond donors (Lipinski definition) is 1. The van der Waals surface area contributed by atoms with Crippen molar-refractivity contribution in [3.63, 3.8) is 0 Å². The van der Waals surface area contributed by atoms with Gasteiger partial charge in [0.1, 0.15) is 0 Å². The number of sulfonamides is 1. The van der Waals surface area contributed by atoms with E-state index in [1.165, 1.54) is 14.6 Å². The molecule has 0 radical (unpaired) electrons. The summed E-state index contributed by atoms with van der Waals surface area (Å²) < 4.78 is 26.8. The fraction of sp³-hybridized carbons (Fsp3) is 0.259. The van der Waals surface area contributed by atoms with Crippen LogP contribution in [0.5, 0.6) is 0 Å². The van der Waals surface area contributed by atoms with Gasteiger partial charge in [0.15, 0.2) is 0 Å². The zero-order chi connectivity index (χ0) is 24.8. The number of amides is 2. The number of hydrogen-bond acceptors (Lipinski definition) is 4. The molecule has 3 aromatic carbocycles. The van der Waals surface area contributed by atoms with Gasteiger partial charge >= 0.3 is 0 Å². The predicted octanol–water partition coefficient (Wildman–Crippen LogP) is 3.95. The highest BCUT2D eigenvalue weighted by atomic mass is 32.2. The Hall–Kier alpha value is -3.49. The molecule has 1 aliphatic rings. The molecular weight excluding hydrogens is 462 g/mol. The van der Waals surface area contributed by atoms with Gasteiger partial charge in [-0.25, -0.2) is 8.42 Å². The van der Waals surface area contributed by atoms with Crippen molar-refractivity contribution in [2.75, 3.05) is 32.0 Å². The minimum Gasteiger partial charge on any atom is -0.336 e. The summed E-state index contributed by atoms with van der Waals surface area (Å²) in [6.45, 7) is 0.474. The number of piperidine rings is 1. The van der Waals surface area contributed by atoms with E-state index in [-0.39, 0.29) is 37.4 Å². The maximum Gasteiger partial charge on any atom is 0.244 e. The minimum atomic E-state index is -3.56. The summed E-state index contributed by atoms with van der Waals surface area (Å²) in [7, 11) is -1.95. The van der Waals surface area contributed by atoms with Gasteiger partial charge in [-0.1, -0.05) is 66.7 Å². The van der Waals surface area contributed by atoms with Gasteiger partial charge in [0.25, 0.3) is 0 Å². The molecular formula is C27H29N3O4S. The molecule has 1 heterocycles. The summed E-state index contributed by atoms with van der Waals surface area (Å²) in [5.74, 6) is -0.729. The number of carbonyl (C=O) groups excluding carboxylic acids is 2. The molecule has 1 saturated heterocycles. The first kappa shape index (κ1) is 24.6. The normalized spacial score (nSPS) is 15.3. The van der Waals surface area contributed by atoms with Gasteiger partial charge in [-0.15, -0.1) is 0 Å². The maximum absolute atomic E-state index is 12.9. The third-order valence-corrected chi connectivity index (χ3v) is 7.78. The lowest BCUT2D eigenvalue weighted by atomic mass is 9.96. The molecule has 0 bridgehead atoms. The molecule has 0 saturated carbocycles. The number of nitrogens with one attached hydrogen (secondary N) is 1. The quantitative estimate of drug-likeness (QED) is 0.542. The van der Waals surface area contributed by atoms with E-state index < -0.39 is 10.0 Å². The van der Waals surface area contributed by atoms with Crippen molar-refractivity contribution >= 4 is 44.4 Å². The van der Waals surface area contributed by atoms with Crippen LogP contribution in [0, 0.1) is 5.92 Å². The molecule has 1 fully saturated rings. The van der Waals surface area contributed by atoms with E-state index in [0.29, 0.717) is 18.5 Å². The Morgan fingerprint density at radius 3 is 2.37 bits per heavy atom. The first-order chi connectivity index (χ1) is 16.8. The first-order valence-electron chi connectivity index (χ1n) is 11.6. The fourth-order valence-electron chi connectivity index (χ4n) is 4.30. The van der Waals surface area contributed by atoms with Crippen LogP contribution in [0.4, 0.5) is 5.69 Å². The second kappa shape index (κ2) is 10.8. The van der Waals surface area contributed by atoms with E-state index >= 15 is 0 Å². The molecule has 0 spiro atoms. The molecule has 0 aliphatic carbocycles. The number of rotatable bonds is 7. The Bertz CT molecular complexity index is 1330. The first-order valence-corrected chi connectivity index (χ1v) is 13.1. The average Bonchev–Trinajstić information content (AvgIpc) is 2.88. The average molecular weight is 492 g/mol. The number of fused-ring (bicyclic) bond motifs is 1. The van der Waals surface area contributed by atoms with E-state index in [1.54, 1.807) is 13.1 Å². The zero-order valence-corrected chi connectivity index (χ0v) is 20.4. The summed E-state index contributed by atoms with van der Waals surface area (Å²) in [5.41, 5.74) is 1.51. The molecule has 0 unspecified atom stereocenters. The van der Waals surface area contributed by atoms with Gasteiger partial charge in [0, 0.05) is 42.5 Å². The molecule has 182 valence electrons. The summed E-state index contributed by atoms with van der Waals surface area (Å²) in [6, 6.07) is 22.7. The van der Waals surface area contributed by atoms with Gasteiger partial charge in [-0.05, 0) is 35.9 Å². The van der Waals surface area contributed by atoms with Crippen LogP contribution < -0.4 is 5.32 Å². The monoisotopic (exact) mass is 491 g/mol. The van der Waals surface area contributed by atoms with Crippen molar-refractivity contribution in [1.29, 1.82) is 0 Å². The van der Waals surface area contributed by atoms with Crippen LogP contribution in [-0.2, 0) is 19.6 Å². The van der Waals surface area contributed by atoms with E-state index in [9.17, 15) is 18.0 Å². The lowest BCUT2D eigenvalue weighted by molar-refractivity contribution is -0.138. The predicted molar refractivity (Wildman–Crippen MR) is 139 cm³/mol. The second-order valence-electron chi connectivity index (χ2n) is 8.70. The number of likely N-dealkylation sites (N-methyl/N-ethyl adjacent to an activating group) is 1. The van der Waals surface area contributed by atoms with Crippen LogP contribution in [-0.4, -0.2) is 56.1 Å². The summed E-state index contributed by atoms with van der Waals surface area (Å²) in [4.78, 5) is 27.0. The number of anilines is 1. The van der Waals surface area contributed by atoms with Crippen LogP contribution in [0.25, 0.3) is 16.8 Å². The zero-order valence-electron chi connectivity index (χ0n) is 19.6. The van der Waals surface area contributed by atoms with Gasteiger partial charge in [0.2, 0.25) is 21.8 Å². The van der Waals surface area contributed by atoms with Gasteiger partial charge < -0.3 is 10.2 Å².